The van der Waals surface area contributed by atoms with Gasteiger partial charge in [0.05, 0.1) is 16.6 Å². The molecular formula is C19H31N3O5S2. The largest absolute Gasteiger partial charge is 0.326 e. The number of rotatable bonds is 7. The summed E-state index contributed by atoms with van der Waals surface area (Å²) in [6.45, 7) is 7.63. The normalized spacial score (nSPS) is 19.1. The zero-order valence-corrected chi connectivity index (χ0v) is 19.1. The molecule has 1 unspecified atom stereocenters. The molecule has 1 atom stereocenters. The van der Waals surface area contributed by atoms with E-state index in [4.69, 9.17) is 0 Å². The first-order valence-electron chi connectivity index (χ1n) is 9.77. The average molecular weight is 446 g/mol. The molecule has 1 aliphatic rings. The fraction of sp³-hybridized carbons (Fsp3) is 0.632. The molecular weight excluding hydrogens is 414 g/mol. The zero-order chi connectivity index (χ0) is 21.9. The number of benzene rings is 1. The van der Waals surface area contributed by atoms with Crippen molar-refractivity contribution in [1.29, 1.82) is 0 Å². The first kappa shape index (κ1) is 23.8. The highest BCUT2D eigenvalue weighted by atomic mass is 32.2. The third-order valence-electron chi connectivity index (χ3n) is 4.46. The minimum absolute atomic E-state index is 0.0565. The molecule has 1 amide bonds. The molecule has 10 heteroatoms. The molecule has 1 heterocycles. The quantitative estimate of drug-likeness (QED) is 0.668. The van der Waals surface area contributed by atoms with Crippen LogP contribution in [0.5, 0.6) is 0 Å². The minimum Gasteiger partial charge on any atom is -0.326 e. The number of carbonyl (C=O) groups excluding carboxylic acids is 1. The second-order valence-electron chi connectivity index (χ2n) is 8.39. The van der Waals surface area contributed by atoms with Gasteiger partial charge in [-0.05, 0) is 58.2 Å². The number of nitrogens with one attached hydrogen (secondary N) is 2. The van der Waals surface area contributed by atoms with Gasteiger partial charge in [-0.3, -0.25) is 4.79 Å². The molecule has 2 rings (SSSR count). The zero-order valence-electron chi connectivity index (χ0n) is 17.4. The van der Waals surface area contributed by atoms with Gasteiger partial charge in [-0.2, -0.15) is 0 Å². The Bertz CT molecular complexity index is 937. The van der Waals surface area contributed by atoms with Crippen LogP contribution in [0.15, 0.2) is 29.2 Å². The Morgan fingerprint density at radius 1 is 1.21 bits per heavy atom. The molecule has 0 aromatic heterocycles. The molecule has 0 saturated carbocycles. The Balaban J connectivity index is 2.11. The van der Waals surface area contributed by atoms with Crippen molar-refractivity contribution in [2.45, 2.75) is 57.4 Å². The van der Waals surface area contributed by atoms with Crippen molar-refractivity contribution in [1.82, 2.24) is 9.03 Å². The van der Waals surface area contributed by atoms with Gasteiger partial charge in [0.15, 0.2) is 0 Å². The Kier molecular flexibility index (Phi) is 7.47. The number of anilines is 1. The number of piperidine rings is 1. The van der Waals surface area contributed by atoms with Gasteiger partial charge in [-0.15, -0.1) is 0 Å². The fourth-order valence-corrected chi connectivity index (χ4v) is 6.30. The summed E-state index contributed by atoms with van der Waals surface area (Å²) in [4.78, 5) is 12.7. The molecule has 29 heavy (non-hydrogen) atoms. The Labute approximate surface area is 174 Å². The molecule has 0 spiro atoms. The van der Waals surface area contributed by atoms with Gasteiger partial charge in [0.2, 0.25) is 26.0 Å². The maximum atomic E-state index is 12.7. The van der Waals surface area contributed by atoms with Gasteiger partial charge >= 0.3 is 0 Å². The van der Waals surface area contributed by atoms with E-state index in [2.05, 4.69) is 10.0 Å². The topological polar surface area (TPSA) is 113 Å². The smallest absolute Gasteiger partial charge is 0.241 e. The van der Waals surface area contributed by atoms with Crippen molar-refractivity contribution in [3.8, 4) is 0 Å². The van der Waals surface area contributed by atoms with E-state index in [0.717, 1.165) is 0 Å². The molecule has 1 aromatic rings. The Hall–Kier alpha value is -1.49. The van der Waals surface area contributed by atoms with Crippen LogP contribution < -0.4 is 10.0 Å². The summed E-state index contributed by atoms with van der Waals surface area (Å²) in [5.74, 6) is -0.703. The molecule has 0 aliphatic carbocycles. The van der Waals surface area contributed by atoms with E-state index in [-0.39, 0.29) is 23.1 Å². The fourth-order valence-electron chi connectivity index (χ4n) is 3.24. The molecule has 2 N–H and O–H groups in total. The maximum absolute atomic E-state index is 12.7. The number of carbonyl (C=O) groups is 1. The highest BCUT2D eigenvalue weighted by Gasteiger charge is 2.32. The number of hydrogen-bond donors (Lipinski definition) is 2. The van der Waals surface area contributed by atoms with Crippen LogP contribution in [-0.2, 0) is 24.8 Å². The van der Waals surface area contributed by atoms with Crippen molar-refractivity contribution >= 4 is 31.6 Å². The lowest BCUT2D eigenvalue weighted by molar-refractivity contribution is -0.120. The van der Waals surface area contributed by atoms with Gasteiger partial charge in [0.1, 0.15) is 0 Å². The van der Waals surface area contributed by atoms with Gasteiger partial charge in [-0.1, -0.05) is 13.0 Å². The van der Waals surface area contributed by atoms with Crippen LogP contribution in [0.1, 0.15) is 47.0 Å². The summed E-state index contributed by atoms with van der Waals surface area (Å²) in [5, 5.41) is 2.74. The lowest BCUT2D eigenvalue weighted by Gasteiger charge is -2.31. The van der Waals surface area contributed by atoms with Crippen molar-refractivity contribution in [2.75, 3.05) is 24.2 Å². The molecule has 0 radical (unpaired) electrons. The van der Waals surface area contributed by atoms with Gasteiger partial charge in [0, 0.05) is 24.3 Å². The third-order valence-corrected chi connectivity index (χ3v) is 8.26. The SMILES string of the molecule is CCCS(=O)(=O)N1CCCC(C(=O)Nc2cccc(S(=O)(=O)NC(C)(C)C)c2)C1. The highest BCUT2D eigenvalue weighted by molar-refractivity contribution is 7.89. The van der Waals surface area contributed by atoms with Crippen LogP contribution in [-0.4, -0.2) is 51.4 Å². The van der Waals surface area contributed by atoms with E-state index in [0.29, 0.717) is 31.5 Å². The summed E-state index contributed by atoms with van der Waals surface area (Å²) in [7, 11) is -7.07. The second kappa shape index (κ2) is 9.11. The predicted molar refractivity (Wildman–Crippen MR) is 114 cm³/mol. The number of nitrogens with zero attached hydrogens (tertiary/aromatic N) is 1. The molecule has 1 aromatic carbocycles. The van der Waals surface area contributed by atoms with Crippen LogP contribution in [0.2, 0.25) is 0 Å². The predicted octanol–water partition coefficient (Wildman–Crippen LogP) is 2.15. The lowest BCUT2D eigenvalue weighted by atomic mass is 9.99. The number of hydrogen-bond acceptors (Lipinski definition) is 5. The van der Waals surface area contributed by atoms with Crippen molar-refractivity contribution in [3.63, 3.8) is 0 Å². The van der Waals surface area contributed by atoms with Crippen molar-refractivity contribution in [2.24, 2.45) is 5.92 Å². The maximum Gasteiger partial charge on any atom is 0.241 e. The van der Waals surface area contributed by atoms with E-state index >= 15 is 0 Å². The first-order chi connectivity index (χ1) is 13.3. The standard InChI is InChI=1S/C19H31N3O5S2/c1-5-12-28(24,25)22-11-7-8-15(14-22)18(23)20-16-9-6-10-17(13-16)29(26,27)21-19(2,3)4/h6,9-10,13,15,21H,5,7-8,11-12,14H2,1-4H3,(H,20,23). The summed E-state index contributed by atoms with van der Waals surface area (Å²) in [6.07, 6.45) is 1.73. The van der Waals surface area contributed by atoms with Crippen molar-refractivity contribution < 1.29 is 21.6 Å². The number of amides is 1. The van der Waals surface area contributed by atoms with Gasteiger partial charge in [0.25, 0.3) is 0 Å². The number of sulfonamides is 2. The Morgan fingerprint density at radius 2 is 1.90 bits per heavy atom. The molecule has 1 fully saturated rings. The van der Waals surface area contributed by atoms with Gasteiger partial charge < -0.3 is 5.32 Å². The van der Waals surface area contributed by atoms with Crippen LogP contribution in [0.4, 0.5) is 5.69 Å². The first-order valence-corrected chi connectivity index (χ1v) is 12.9. The Morgan fingerprint density at radius 3 is 2.52 bits per heavy atom. The molecule has 1 saturated heterocycles. The highest BCUT2D eigenvalue weighted by Crippen LogP contribution is 2.23. The van der Waals surface area contributed by atoms with E-state index in [1.165, 1.54) is 16.4 Å². The van der Waals surface area contributed by atoms with Crippen LogP contribution in [0.25, 0.3) is 0 Å². The van der Waals surface area contributed by atoms with Crippen LogP contribution in [0, 0.1) is 5.92 Å². The van der Waals surface area contributed by atoms with E-state index in [1.54, 1.807) is 39.8 Å². The summed E-state index contributed by atoms with van der Waals surface area (Å²) < 4.78 is 53.6. The average Bonchev–Trinajstić information content (AvgIpc) is 2.60. The summed E-state index contributed by atoms with van der Waals surface area (Å²) in [5.41, 5.74) is -0.270. The molecule has 8 nitrogen and oxygen atoms in total. The van der Waals surface area contributed by atoms with E-state index in [9.17, 15) is 21.6 Å². The molecule has 0 bridgehead atoms. The minimum atomic E-state index is -3.72. The lowest BCUT2D eigenvalue weighted by Crippen LogP contribution is -2.44. The molecule has 1 aliphatic heterocycles. The van der Waals surface area contributed by atoms with Crippen LogP contribution >= 0.6 is 0 Å². The summed E-state index contributed by atoms with van der Waals surface area (Å²) >= 11 is 0. The monoisotopic (exact) mass is 445 g/mol. The van der Waals surface area contributed by atoms with Gasteiger partial charge in [-0.25, -0.2) is 25.9 Å². The van der Waals surface area contributed by atoms with Crippen LogP contribution in [0.3, 0.4) is 0 Å². The van der Waals surface area contributed by atoms with E-state index in [1.807, 2.05) is 0 Å². The van der Waals surface area contributed by atoms with E-state index < -0.39 is 31.5 Å². The molecule has 164 valence electrons. The van der Waals surface area contributed by atoms with Crippen molar-refractivity contribution in [3.05, 3.63) is 24.3 Å². The summed E-state index contributed by atoms with van der Waals surface area (Å²) in [6, 6.07) is 6.04. The second-order valence-corrected chi connectivity index (χ2v) is 12.2. The third kappa shape index (κ3) is 6.77.